The number of ether oxygens (including phenoxy) is 1. The summed E-state index contributed by atoms with van der Waals surface area (Å²) in [5.74, 6) is 0.248. The van der Waals surface area contributed by atoms with Crippen LogP contribution in [0.4, 0.5) is 11.5 Å². The fourth-order valence-electron chi connectivity index (χ4n) is 1.20. The molecule has 0 aliphatic heterocycles. The number of anilines is 1. The molecule has 0 aromatic carbocycles. The molecule has 1 unspecified atom stereocenters. The molecule has 1 aromatic heterocycles. The standard InChI is InChI=1S/C9H12BrN3O3/c1-6(5-16-2)12-9-8(13(14)15)3-7(10)4-11-9/h3-4,6H,5H2,1-2H3,(H,11,12). The normalized spacial score (nSPS) is 12.2. The molecule has 0 bridgehead atoms. The molecule has 1 rings (SSSR count). The number of rotatable bonds is 5. The van der Waals surface area contributed by atoms with Gasteiger partial charge in [-0.05, 0) is 22.9 Å². The Morgan fingerprint density at radius 2 is 2.44 bits per heavy atom. The van der Waals surface area contributed by atoms with Crippen LogP contribution in [0.5, 0.6) is 0 Å². The highest BCUT2D eigenvalue weighted by atomic mass is 79.9. The molecule has 0 fully saturated rings. The van der Waals surface area contributed by atoms with Crippen LogP contribution in [0.2, 0.25) is 0 Å². The first kappa shape index (κ1) is 12.9. The lowest BCUT2D eigenvalue weighted by atomic mass is 10.3. The smallest absolute Gasteiger partial charge is 0.312 e. The molecular weight excluding hydrogens is 278 g/mol. The van der Waals surface area contributed by atoms with Crippen LogP contribution in [0, 0.1) is 10.1 Å². The van der Waals surface area contributed by atoms with Gasteiger partial charge in [-0.2, -0.15) is 0 Å². The lowest BCUT2D eigenvalue weighted by molar-refractivity contribution is -0.384. The third-order valence-electron chi connectivity index (χ3n) is 1.83. The summed E-state index contributed by atoms with van der Waals surface area (Å²) in [6, 6.07) is 1.37. The Morgan fingerprint density at radius 3 is 3.00 bits per heavy atom. The van der Waals surface area contributed by atoms with Crippen molar-refractivity contribution in [3.63, 3.8) is 0 Å². The second kappa shape index (κ2) is 5.76. The summed E-state index contributed by atoms with van der Waals surface area (Å²) in [6.07, 6.45) is 1.51. The average Bonchev–Trinajstić information content (AvgIpc) is 2.20. The molecule has 0 aliphatic rings. The summed E-state index contributed by atoms with van der Waals surface area (Å²) in [5.41, 5.74) is -0.0580. The highest BCUT2D eigenvalue weighted by molar-refractivity contribution is 9.10. The van der Waals surface area contributed by atoms with E-state index in [-0.39, 0.29) is 17.5 Å². The van der Waals surface area contributed by atoms with Crippen LogP contribution in [0.1, 0.15) is 6.92 Å². The molecule has 0 amide bonds. The van der Waals surface area contributed by atoms with Crippen LogP contribution in [0.25, 0.3) is 0 Å². The fourth-order valence-corrected chi connectivity index (χ4v) is 1.52. The Kier molecular flexibility index (Phi) is 4.63. The lowest BCUT2D eigenvalue weighted by Gasteiger charge is -2.13. The van der Waals surface area contributed by atoms with Gasteiger partial charge < -0.3 is 10.1 Å². The monoisotopic (exact) mass is 289 g/mol. The van der Waals surface area contributed by atoms with E-state index in [1.807, 2.05) is 6.92 Å². The van der Waals surface area contributed by atoms with Crippen LogP contribution >= 0.6 is 15.9 Å². The molecule has 0 saturated heterocycles. The van der Waals surface area contributed by atoms with Crippen LogP contribution in [0.15, 0.2) is 16.7 Å². The van der Waals surface area contributed by atoms with Crippen molar-refractivity contribution in [3.05, 3.63) is 26.9 Å². The minimum atomic E-state index is -0.473. The molecule has 1 atom stereocenters. The Morgan fingerprint density at radius 1 is 1.75 bits per heavy atom. The van der Waals surface area contributed by atoms with E-state index < -0.39 is 4.92 Å². The zero-order valence-corrected chi connectivity index (χ0v) is 10.5. The van der Waals surface area contributed by atoms with E-state index in [1.165, 1.54) is 12.3 Å². The SMILES string of the molecule is COCC(C)Nc1ncc(Br)cc1[N+](=O)[O-]. The van der Waals surface area contributed by atoms with Crippen molar-refractivity contribution in [2.24, 2.45) is 0 Å². The number of nitro groups is 1. The first-order chi connectivity index (χ1) is 7.54. The van der Waals surface area contributed by atoms with E-state index in [2.05, 4.69) is 26.2 Å². The molecule has 16 heavy (non-hydrogen) atoms. The quantitative estimate of drug-likeness (QED) is 0.664. The Bertz CT molecular complexity index is 386. The molecule has 1 aromatic rings. The van der Waals surface area contributed by atoms with Gasteiger partial charge in [0.15, 0.2) is 0 Å². The number of methoxy groups -OCH3 is 1. The molecule has 6 nitrogen and oxygen atoms in total. The first-order valence-corrected chi connectivity index (χ1v) is 5.39. The van der Waals surface area contributed by atoms with Crippen molar-refractivity contribution in [2.45, 2.75) is 13.0 Å². The topological polar surface area (TPSA) is 77.3 Å². The molecule has 1 heterocycles. The lowest BCUT2D eigenvalue weighted by Crippen LogP contribution is -2.22. The van der Waals surface area contributed by atoms with Crippen LogP contribution in [0.3, 0.4) is 0 Å². The number of nitrogens with one attached hydrogen (secondary N) is 1. The maximum atomic E-state index is 10.8. The van der Waals surface area contributed by atoms with Crippen molar-refractivity contribution in [3.8, 4) is 0 Å². The molecule has 0 radical (unpaired) electrons. The van der Waals surface area contributed by atoms with Gasteiger partial charge in [0, 0.05) is 29.9 Å². The first-order valence-electron chi connectivity index (χ1n) is 4.60. The second-order valence-corrected chi connectivity index (χ2v) is 4.19. The Labute approximate surface area is 101 Å². The van der Waals surface area contributed by atoms with Gasteiger partial charge >= 0.3 is 5.69 Å². The van der Waals surface area contributed by atoms with Gasteiger partial charge in [0.25, 0.3) is 0 Å². The largest absolute Gasteiger partial charge is 0.383 e. The summed E-state index contributed by atoms with van der Waals surface area (Å²) >= 11 is 3.14. The van der Waals surface area contributed by atoms with Gasteiger partial charge in [-0.3, -0.25) is 10.1 Å². The van der Waals surface area contributed by atoms with Crippen molar-refractivity contribution in [1.29, 1.82) is 0 Å². The minimum absolute atomic E-state index is 0.0441. The highest BCUT2D eigenvalue weighted by Gasteiger charge is 2.17. The van der Waals surface area contributed by atoms with E-state index in [9.17, 15) is 10.1 Å². The maximum absolute atomic E-state index is 10.8. The van der Waals surface area contributed by atoms with Gasteiger partial charge in [-0.25, -0.2) is 4.98 Å². The minimum Gasteiger partial charge on any atom is -0.383 e. The summed E-state index contributed by atoms with van der Waals surface area (Å²) in [7, 11) is 1.57. The molecule has 0 aliphatic carbocycles. The van der Waals surface area contributed by atoms with E-state index in [1.54, 1.807) is 7.11 Å². The van der Waals surface area contributed by atoms with Gasteiger partial charge in [0.2, 0.25) is 5.82 Å². The van der Waals surface area contributed by atoms with Crippen molar-refractivity contribution >= 4 is 27.4 Å². The number of pyridine rings is 1. The molecule has 7 heteroatoms. The molecule has 0 spiro atoms. The predicted octanol–water partition coefficient (Wildman–Crippen LogP) is 2.20. The summed E-state index contributed by atoms with van der Waals surface area (Å²) in [4.78, 5) is 14.3. The average molecular weight is 290 g/mol. The molecule has 0 saturated carbocycles. The summed E-state index contributed by atoms with van der Waals surface area (Å²) in [6.45, 7) is 2.31. The zero-order chi connectivity index (χ0) is 12.1. The van der Waals surface area contributed by atoms with Crippen LogP contribution in [-0.4, -0.2) is 29.7 Å². The fraction of sp³-hybridized carbons (Fsp3) is 0.444. The Hall–Kier alpha value is -1.21. The van der Waals surface area contributed by atoms with Gasteiger partial charge in [-0.15, -0.1) is 0 Å². The second-order valence-electron chi connectivity index (χ2n) is 3.28. The maximum Gasteiger partial charge on any atom is 0.312 e. The van der Waals surface area contributed by atoms with Crippen molar-refractivity contribution in [2.75, 3.05) is 19.0 Å². The van der Waals surface area contributed by atoms with E-state index in [4.69, 9.17) is 4.74 Å². The number of hydrogen-bond acceptors (Lipinski definition) is 5. The van der Waals surface area contributed by atoms with Gasteiger partial charge in [0.1, 0.15) is 0 Å². The summed E-state index contributed by atoms with van der Waals surface area (Å²) in [5, 5.41) is 13.7. The third kappa shape index (κ3) is 3.42. The Balaban J connectivity index is 2.90. The van der Waals surface area contributed by atoms with E-state index in [0.717, 1.165) is 0 Å². The highest BCUT2D eigenvalue weighted by Crippen LogP contribution is 2.25. The van der Waals surface area contributed by atoms with Gasteiger partial charge in [-0.1, -0.05) is 0 Å². The summed E-state index contributed by atoms with van der Waals surface area (Å²) < 4.78 is 5.50. The molecule has 1 N–H and O–H groups in total. The number of halogens is 1. The van der Waals surface area contributed by atoms with Crippen molar-refractivity contribution in [1.82, 2.24) is 4.98 Å². The third-order valence-corrected chi connectivity index (χ3v) is 2.26. The van der Waals surface area contributed by atoms with Crippen LogP contribution in [-0.2, 0) is 4.74 Å². The van der Waals surface area contributed by atoms with Crippen molar-refractivity contribution < 1.29 is 9.66 Å². The number of aromatic nitrogens is 1. The van der Waals surface area contributed by atoms with E-state index in [0.29, 0.717) is 11.1 Å². The zero-order valence-electron chi connectivity index (χ0n) is 8.94. The van der Waals surface area contributed by atoms with Gasteiger partial charge in [0.05, 0.1) is 11.5 Å². The number of hydrogen-bond donors (Lipinski definition) is 1. The predicted molar refractivity (Wildman–Crippen MR) is 63.6 cm³/mol. The van der Waals surface area contributed by atoms with Crippen LogP contribution < -0.4 is 5.32 Å². The molecular formula is C9H12BrN3O3. The molecule has 88 valence electrons. The number of nitrogens with zero attached hydrogens (tertiary/aromatic N) is 2. The van der Waals surface area contributed by atoms with E-state index >= 15 is 0 Å².